The van der Waals surface area contributed by atoms with Gasteiger partial charge >= 0.3 is 11.7 Å². The smallest absolute Gasteiger partial charge is 0.354 e. The van der Waals surface area contributed by atoms with E-state index >= 15 is 0 Å². The van der Waals surface area contributed by atoms with Gasteiger partial charge in [0.1, 0.15) is 5.82 Å². The molecule has 18 heavy (non-hydrogen) atoms. The van der Waals surface area contributed by atoms with Gasteiger partial charge in [-0.05, 0) is 6.07 Å². The summed E-state index contributed by atoms with van der Waals surface area (Å²) < 4.78 is 37.5. The van der Waals surface area contributed by atoms with Crippen LogP contribution in [0.1, 0.15) is 6.42 Å². The number of halogens is 2. The average molecular weight is 263 g/mol. The van der Waals surface area contributed by atoms with Crippen LogP contribution < -0.4 is 11.4 Å². The standard InChI is InChI=1S/C10H15F2N3O3/c1-17-6-7(18-2)5-10(11,12)15-4-3-8(13)14-9(15)16/h3-4,7H,5-6H2,1-2H3,(H2,13,14,16). The van der Waals surface area contributed by atoms with Crippen LogP contribution in [0.2, 0.25) is 0 Å². The summed E-state index contributed by atoms with van der Waals surface area (Å²) in [5.74, 6) is -0.104. The van der Waals surface area contributed by atoms with E-state index < -0.39 is 24.3 Å². The first kappa shape index (κ1) is 14.5. The van der Waals surface area contributed by atoms with Crippen LogP contribution in [0.15, 0.2) is 17.1 Å². The molecule has 0 aliphatic carbocycles. The maximum absolute atomic E-state index is 13.9. The van der Waals surface area contributed by atoms with E-state index in [-0.39, 0.29) is 17.0 Å². The molecule has 0 aliphatic heterocycles. The van der Waals surface area contributed by atoms with Crippen LogP contribution in [0, 0.1) is 0 Å². The molecule has 0 spiro atoms. The molecule has 0 aliphatic rings. The number of rotatable bonds is 6. The molecule has 0 bridgehead atoms. The molecular weight excluding hydrogens is 248 g/mol. The van der Waals surface area contributed by atoms with Crippen molar-refractivity contribution in [3.63, 3.8) is 0 Å². The molecule has 102 valence electrons. The second-order valence-corrected chi connectivity index (χ2v) is 3.69. The number of hydrogen-bond donors (Lipinski definition) is 1. The van der Waals surface area contributed by atoms with Gasteiger partial charge in [0, 0.05) is 20.4 Å². The highest BCUT2D eigenvalue weighted by atomic mass is 19.3. The van der Waals surface area contributed by atoms with Gasteiger partial charge in [0.05, 0.1) is 19.1 Å². The number of hydrogen-bond acceptors (Lipinski definition) is 5. The Kier molecular flexibility index (Phi) is 4.74. The third-order valence-electron chi connectivity index (χ3n) is 2.34. The molecule has 1 aromatic heterocycles. The van der Waals surface area contributed by atoms with Crippen molar-refractivity contribution in [1.82, 2.24) is 9.55 Å². The lowest BCUT2D eigenvalue weighted by atomic mass is 10.2. The second-order valence-electron chi connectivity index (χ2n) is 3.69. The zero-order valence-electron chi connectivity index (χ0n) is 10.1. The molecular formula is C10H15F2N3O3. The predicted molar refractivity (Wildman–Crippen MR) is 60.4 cm³/mol. The number of nitrogens with zero attached hydrogens (tertiary/aromatic N) is 2. The molecule has 0 saturated heterocycles. The summed E-state index contributed by atoms with van der Waals surface area (Å²) in [6.07, 6.45) is -0.609. The maximum Gasteiger partial charge on any atom is 0.354 e. The van der Waals surface area contributed by atoms with E-state index in [4.69, 9.17) is 15.2 Å². The molecule has 1 aromatic rings. The van der Waals surface area contributed by atoms with Crippen molar-refractivity contribution < 1.29 is 18.3 Å². The van der Waals surface area contributed by atoms with Gasteiger partial charge in [-0.1, -0.05) is 0 Å². The van der Waals surface area contributed by atoms with Crippen LogP contribution in [0.25, 0.3) is 0 Å². The minimum atomic E-state index is -3.42. The van der Waals surface area contributed by atoms with Crippen molar-refractivity contribution in [2.24, 2.45) is 0 Å². The highest BCUT2D eigenvalue weighted by molar-refractivity contribution is 5.23. The monoisotopic (exact) mass is 263 g/mol. The summed E-state index contributed by atoms with van der Waals surface area (Å²) in [7, 11) is 2.67. The predicted octanol–water partition coefficient (Wildman–Crippen LogP) is 0.426. The maximum atomic E-state index is 13.9. The number of ether oxygens (including phenoxy) is 2. The summed E-state index contributed by atoms with van der Waals surface area (Å²) in [6, 6.07) is -2.29. The molecule has 0 fully saturated rings. The third-order valence-corrected chi connectivity index (χ3v) is 2.34. The van der Waals surface area contributed by atoms with Crippen molar-refractivity contribution in [2.75, 3.05) is 26.6 Å². The van der Waals surface area contributed by atoms with Crippen molar-refractivity contribution in [3.8, 4) is 0 Å². The minimum Gasteiger partial charge on any atom is -0.383 e. The Morgan fingerprint density at radius 3 is 2.72 bits per heavy atom. The average Bonchev–Trinajstić information content (AvgIpc) is 2.27. The van der Waals surface area contributed by atoms with E-state index in [1.54, 1.807) is 0 Å². The normalized spacial score (nSPS) is 13.6. The number of anilines is 1. The Balaban J connectivity index is 2.94. The van der Waals surface area contributed by atoms with E-state index in [1.807, 2.05) is 0 Å². The Hall–Kier alpha value is -1.54. The zero-order chi connectivity index (χ0) is 13.8. The summed E-state index contributed by atoms with van der Waals surface area (Å²) in [4.78, 5) is 14.6. The molecule has 1 unspecified atom stereocenters. The van der Waals surface area contributed by atoms with Gasteiger partial charge in [-0.2, -0.15) is 13.8 Å². The van der Waals surface area contributed by atoms with Crippen LogP contribution in [-0.4, -0.2) is 36.5 Å². The summed E-state index contributed by atoms with van der Waals surface area (Å²) in [5, 5.41) is 0. The molecule has 0 radical (unpaired) electrons. The Labute approximate surface area is 102 Å². The first-order chi connectivity index (χ1) is 8.40. The van der Waals surface area contributed by atoms with Crippen molar-refractivity contribution in [3.05, 3.63) is 22.7 Å². The van der Waals surface area contributed by atoms with Gasteiger partial charge < -0.3 is 15.2 Å². The van der Waals surface area contributed by atoms with Gasteiger partial charge in [-0.25, -0.2) is 9.36 Å². The molecule has 6 nitrogen and oxygen atoms in total. The molecule has 8 heteroatoms. The van der Waals surface area contributed by atoms with Crippen molar-refractivity contribution in [2.45, 2.75) is 18.6 Å². The highest BCUT2D eigenvalue weighted by Crippen LogP contribution is 2.26. The van der Waals surface area contributed by atoms with E-state index in [9.17, 15) is 13.6 Å². The van der Waals surface area contributed by atoms with E-state index in [0.717, 1.165) is 12.3 Å². The zero-order valence-corrected chi connectivity index (χ0v) is 10.1. The van der Waals surface area contributed by atoms with Crippen molar-refractivity contribution in [1.29, 1.82) is 0 Å². The lowest BCUT2D eigenvalue weighted by molar-refractivity contribution is -0.131. The molecule has 1 heterocycles. The van der Waals surface area contributed by atoms with Gasteiger partial charge in [0.25, 0.3) is 0 Å². The van der Waals surface area contributed by atoms with E-state index in [2.05, 4.69) is 4.98 Å². The molecule has 1 rings (SSSR count). The molecule has 0 saturated carbocycles. The quantitative estimate of drug-likeness (QED) is 0.805. The van der Waals surface area contributed by atoms with Crippen LogP contribution in [-0.2, 0) is 15.5 Å². The molecule has 0 amide bonds. The number of alkyl halides is 2. The first-order valence-electron chi connectivity index (χ1n) is 5.16. The van der Waals surface area contributed by atoms with E-state index in [0.29, 0.717) is 0 Å². The number of nitrogen functional groups attached to an aromatic ring is 1. The van der Waals surface area contributed by atoms with Crippen LogP contribution >= 0.6 is 0 Å². The molecule has 1 atom stereocenters. The Morgan fingerprint density at radius 2 is 2.22 bits per heavy atom. The Bertz CT molecular complexity index is 450. The lowest BCUT2D eigenvalue weighted by Gasteiger charge is -2.23. The van der Waals surface area contributed by atoms with Gasteiger partial charge in [-0.3, -0.25) is 0 Å². The fourth-order valence-electron chi connectivity index (χ4n) is 1.43. The molecule has 0 aromatic carbocycles. The topological polar surface area (TPSA) is 79.4 Å². The Morgan fingerprint density at radius 1 is 1.56 bits per heavy atom. The second kappa shape index (κ2) is 5.87. The minimum absolute atomic E-state index is 0.00322. The highest BCUT2D eigenvalue weighted by Gasteiger charge is 2.36. The first-order valence-corrected chi connectivity index (χ1v) is 5.16. The van der Waals surface area contributed by atoms with E-state index in [1.165, 1.54) is 14.2 Å². The molecule has 2 N–H and O–H groups in total. The SMILES string of the molecule is COCC(CC(F)(F)n1ccc(N)nc1=O)OC. The van der Waals surface area contributed by atoms with Crippen molar-refractivity contribution >= 4 is 5.82 Å². The summed E-state index contributed by atoms with van der Waals surface area (Å²) >= 11 is 0. The van der Waals surface area contributed by atoms with Crippen LogP contribution in [0.5, 0.6) is 0 Å². The van der Waals surface area contributed by atoms with Gasteiger partial charge in [-0.15, -0.1) is 0 Å². The fraction of sp³-hybridized carbons (Fsp3) is 0.600. The third kappa shape index (κ3) is 3.47. The van der Waals surface area contributed by atoms with Gasteiger partial charge in [0.15, 0.2) is 0 Å². The van der Waals surface area contributed by atoms with Gasteiger partial charge in [0.2, 0.25) is 0 Å². The largest absolute Gasteiger partial charge is 0.383 e. The fourth-order valence-corrected chi connectivity index (χ4v) is 1.43. The van der Waals surface area contributed by atoms with Crippen LogP contribution in [0.4, 0.5) is 14.6 Å². The lowest BCUT2D eigenvalue weighted by Crippen LogP contribution is -2.39. The number of nitrogens with two attached hydrogens (primary N) is 1. The summed E-state index contributed by atoms with van der Waals surface area (Å²) in [6.45, 7) is 0.00322. The number of methoxy groups -OCH3 is 2. The van der Waals surface area contributed by atoms with Crippen LogP contribution in [0.3, 0.4) is 0 Å². The number of aromatic nitrogens is 2. The summed E-state index contributed by atoms with van der Waals surface area (Å²) in [5.41, 5.74) is 4.13.